The number of halogens is 1. The van der Waals surface area contributed by atoms with Crippen molar-refractivity contribution in [1.29, 1.82) is 0 Å². The smallest absolute Gasteiger partial charge is 0.165 e. The fourth-order valence-corrected chi connectivity index (χ4v) is 2.73. The van der Waals surface area contributed by atoms with Crippen LogP contribution >= 0.6 is 11.6 Å². The Morgan fingerprint density at radius 1 is 1.29 bits per heavy atom. The molecular weight excluding hydrogens is 232 g/mol. The number of carbonyl (C=O) groups excluding carboxylic acids is 1. The largest absolute Gasteiger partial charge is 0.294 e. The molecule has 0 N–H and O–H groups in total. The van der Waals surface area contributed by atoms with Crippen LogP contribution in [0.4, 0.5) is 0 Å². The summed E-state index contributed by atoms with van der Waals surface area (Å²) in [5.74, 6) is 0.462. The zero-order chi connectivity index (χ0) is 12.5. The van der Waals surface area contributed by atoms with Crippen LogP contribution in [0.5, 0.6) is 0 Å². The fourth-order valence-electron chi connectivity index (χ4n) is 2.54. The van der Waals surface area contributed by atoms with Gasteiger partial charge in [-0.2, -0.15) is 0 Å². The maximum atomic E-state index is 12.3. The molecule has 1 saturated carbocycles. The minimum absolute atomic E-state index is 0.196. The number of carbonyl (C=O) groups is 1. The maximum absolute atomic E-state index is 12.3. The van der Waals surface area contributed by atoms with E-state index in [1.54, 1.807) is 6.07 Å². The normalized spacial score (nSPS) is 20.2. The summed E-state index contributed by atoms with van der Waals surface area (Å²) in [6.45, 7) is 4.57. The average Bonchev–Trinajstić information content (AvgIpc) is 2.28. The summed E-state index contributed by atoms with van der Waals surface area (Å²) in [4.78, 5) is 12.3. The first-order valence-corrected chi connectivity index (χ1v) is 6.65. The molecular formula is C15H19ClO. The highest BCUT2D eigenvalue weighted by atomic mass is 35.5. The van der Waals surface area contributed by atoms with Crippen LogP contribution < -0.4 is 0 Å². The molecule has 0 radical (unpaired) electrons. The number of ketones is 1. The summed E-state index contributed by atoms with van der Waals surface area (Å²) in [6.07, 6.45) is 4.31. The summed E-state index contributed by atoms with van der Waals surface area (Å²) in [5.41, 5.74) is 1.17. The van der Waals surface area contributed by atoms with E-state index in [4.69, 9.17) is 11.6 Å². The maximum Gasteiger partial charge on any atom is 0.165 e. The van der Waals surface area contributed by atoms with Crippen molar-refractivity contribution < 1.29 is 4.79 Å². The second kappa shape index (κ2) is 4.81. The van der Waals surface area contributed by atoms with Gasteiger partial charge in [-0.3, -0.25) is 4.79 Å². The second-order valence-electron chi connectivity index (χ2n) is 5.81. The molecule has 1 aromatic rings. The Morgan fingerprint density at radius 3 is 2.53 bits per heavy atom. The summed E-state index contributed by atoms with van der Waals surface area (Å²) in [6, 6.07) is 7.31. The van der Waals surface area contributed by atoms with Crippen molar-refractivity contribution in [2.45, 2.75) is 39.5 Å². The van der Waals surface area contributed by atoms with Crippen LogP contribution in [0.1, 0.15) is 49.9 Å². The van der Waals surface area contributed by atoms with Gasteiger partial charge in [0.25, 0.3) is 0 Å². The Bertz CT molecular complexity index is 413. The van der Waals surface area contributed by atoms with Gasteiger partial charge in [0.05, 0.1) is 0 Å². The molecule has 92 valence electrons. The highest BCUT2D eigenvalue weighted by Crippen LogP contribution is 2.39. The highest BCUT2D eigenvalue weighted by Gasteiger charge is 2.30. The van der Waals surface area contributed by atoms with E-state index in [0.29, 0.717) is 10.4 Å². The molecule has 1 aliphatic carbocycles. The van der Waals surface area contributed by atoms with Crippen LogP contribution in [-0.2, 0) is 0 Å². The van der Waals surface area contributed by atoms with E-state index in [9.17, 15) is 4.79 Å². The molecule has 0 unspecified atom stereocenters. The van der Waals surface area contributed by atoms with Crippen molar-refractivity contribution >= 4 is 17.4 Å². The van der Waals surface area contributed by atoms with E-state index in [-0.39, 0.29) is 11.7 Å². The third-order valence-electron chi connectivity index (χ3n) is 3.82. The SMILES string of the molecule is CC1(C)CCC(C(=O)c2cccc(Cl)c2)CC1. The van der Waals surface area contributed by atoms with Crippen molar-refractivity contribution in [2.75, 3.05) is 0 Å². The molecule has 2 rings (SSSR count). The zero-order valence-electron chi connectivity index (χ0n) is 10.5. The van der Waals surface area contributed by atoms with Gasteiger partial charge in [0.2, 0.25) is 0 Å². The molecule has 1 fully saturated rings. The van der Waals surface area contributed by atoms with Gasteiger partial charge >= 0.3 is 0 Å². The minimum Gasteiger partial charge on any atom is -0.294 e. The predicted octanol–water partition coefficient (Wildman–Crippen LogP) is 4.74. The summed E-state index contributed by atoms with van der Waals surface area (Å²) in [7, 11) is 0. The van der Waals surface area contributed by atoms with Gasteiger partial charge < -0.3 is 0 Å². The molecule has 0 spiro atoms. The van der Waals surface area contributed by atoms with E-state index >= 15 is 0 Å². The van der Waals surface area contributed by atoms with Crippen molar-refractivity contribution in [3.63, 3.8) is 0 Å². The van der Waals surface area contributed by atoms with Gasteiger partial charge in [-0.1, -0.05) is 37.6 Å². The van der Waals surface area contributed by atoms with Crippen LogP contribution in [0.2, 0.25) is 5.02 Å². The van der Waals surface area contributed by atoms with Gasteiger partial charge in [0.15, 0.2) is 5.78 Å². The van der Waals surface area contributed by atoms with Gasteiger partial charge in [-0.05, 0) is 43.2 Å². The Morgan fingerprint density at radius 2 is 1.94 bits per heavy atom. The molecule has 0 saturated heterocycles. The van der Waals surface area contributed by atoms with Crippen LogP contribution in [0, 0.1) is 11.3 Å². The molecule has 0 aliphatic heterocycles. The first-order valence-electron chi connectivity index (χ1n) is 6.28. The zero-order valence-corrected chi connectivity index (χ0v) is 11.3. The van der Waals surface area contributed by atoms with Crippen LogP contribution in [0.3, 0.4) is 0 Å². The Labute approximate surface area is 108 Å². The molecule has 1 aromatic carbocycles. The number of hydrogen-bond donors (Lipinski definition) is 0. The highest BCUT2D eigenvalue weighted by molar-refractivity contribution is 6.31. The number of benzene rings is 1. The first-order chi connectivity index (χ1) is 7.98. The van der Waals surface area contributed by atoms with Gasteiger partial charge in [0, 0.05) is 16.5 Å². The molecule has 1 aliphatic rings. The van der Waals surface area contributed by atoms with E-state index in [1.807, 2.05) is 18.2 Å². The van der Waals surface area contributed by atoms with Crippen molar-refractivity contribution in [3.05, 3.63) is 34.9 Å². The quantitative estimate of drug-likeness (QED) is 0.693. The molecule has 17 heavy (non-hydrogen) atoms. The molecule has 0 atom stereocenters. The lowest BCUT2D eigenvalue weighted by molar-refractivity contribution is 0.0838. The lowest BCUT2D eigenvalue weighted by atomic mass is 9.71. The van der Waals surface area contributed by atoms with E-state index in [2.05, 4.69) is 13.8 Å². The molecule has 2 heteroatoms. The fraction of sp³-hybridized carbons (Fsp3) is 0.533. The van der Waals surface area contributed by atoms with Gasteiger partial charge in [-0.15, -0.1) is 0 Å². The number of rotatable bonds is 2. The van der Waals surface area contributed by atoms with E-state index < -0.39 is 0 Å². The third kappa shape index (κ3) is 3.10. The first kappa shape index (κ1) is 12.6. The standard InChI is InChI=1S/C15H19ClO/c1-15(2)8-6-11(7-9-15)14(17)12-4-3-5-13(16)10-12/h3-5,10-11H,6-9H2,1-2H3. The third-order valence-corrected chi connectivity index (χ3v) is 4.05. The summed E-state index contributed by atoms with van der Waals surface area (Å²) >= 11 is 5.92. The summed E-state index contributed by atoms with van der Waals surface area (Å²) in [5, 5.41) is 0.645. The Kier molecular flexibility index (Phi) is 3.58. The number of Topliss-reactive ketones (excluding diaryl/α,β-unsaturated/α-hetero) is 1. The van der Waals surface area contributed by atoms with Crippen molar-refractivity contribution in [1.82, 2.24) is 0 Å². The topological polar surface area (TPSA) is 17.1 Å². The average molecular weight is 251 g/mol. The lowest BCUT2D eigenvalue weighted by Gasteiger charge is -2.33. The molecule has 0 heterocycles. The molecule has 1 nitrogen and oxygen atoms in total. The van der Waals surface area contributed by atoms with Gasteiger partial charge in [0.1, 0.15) is 0 Å². The lowest BCUT2D eigenvalue weighted by Crippen LogP contribution is -2.26. The molecule has 0 amide bonds. The monoisotopic (exact) mass is 250 g/mol. The Hall–Kier alpha value is -0.820. The van der Waals surface area contributed by atoms with Crippen molar-refractivity contribution in [2.24, 2.45) is 11.3 Å². The molecule has 0 aromatic heterocycles. The number of hydrogen-bond acceptors (Lipinski definition) is 1. The Balaban J connectivity index is 2.07. The van der Waals surface area contributed by atoms with Crippen LogP contribution in [0.25, 0.3) is 0 Å². The van der Waals surface area contributed by atoms with Crippen LogP contribution in [-0.4, -0.2) is 5.78 Å². The molecule has 0 bridgehead atoms. The predicted molar refractivity (Wildman–Crippen MR) is 71.5 cm³/mol. The van der Waals surface area contributed by atoms with Crippen LogP contribution in [0.15, 0.2) is 24.3 Å². The van der Waals surface area contributed by atoms with Gasteiger partial charge in [-0.25, -0.2) is 0 Å². The summed E-state index contributed by atoms with van der Waals surface area (Å²) < 4.78 is 0. The van der Waals surface area contributed by atoms with E-state index in [0.717, 1.165) is 31.2 Å². The second-order valence-corrected chi connectivity index (χ2v) is 6.25. The minimum atomic E-state index is 0.196. The van der Waals surface area contributed by atoms with Crippen molar-refractivity contribution in [3.8, 4) is 0 Å². The van der Waals surface area contributed by atoms with E-state index in [1.165, 1.54) is 0 Å².